The minimum Gasteiger partial charge on any atom is -0.491 e. The third-order valence-corrected chi connectivity index (χ3v) is 3.47. The van der Waals surface area contributed by atoms with Crippen molar-refractivity contribution in [2.75, 3.05) is 26.3 Å². The first kappa shape index (κ1) is 14.4. The van der Waals surface area contributed by atoms with E-state index in [2.05, 4.69) is 51.2 Å². The van der Waals surface area contributed by atoms with Gasteiger partial charge in [-0.3, -0.25) is 0 Å². The number of benzene rings is 1. The van der Waals surface area contributed by atoms with Crippen molar-refractivity contribution in [3.05, 3.63) is 29.3 Å². The topological polar surface area (TPSA) is 30.5 Å². The van der Waals surface area contributed by atoms with Crippen LogP contribution in [0.25, 0.3) is 0 Å². The maximum absolute atomic E-state index is 5.88. The summed E-state index contributed by atoms with van der Waals surface area (Å²) < 4.78 is 11.5. The van der Waals surface area contributed by atoms with Crippen LogP contribution in [0.4, 0.5) is 0 Å². The summed E-state index contributed by atoms with van der Waals surface area (Å²) in [5, 5.41) is 3.31. The summed E-state index contributed by atoms with van der Waals surface area (Å²) in [7, 11) is 0. The molecule has 0 amide bonds. The average molecular weight is 263 g/mol. The molecule has 1 aliphatic rings. The molecule has 106 valence electrons. The standard InChI is InChI=1S/C16H25NO2/c1-12-9-13(16(2,3)4)5-6-15(12)19-11-14-10-17-7-8-18-14/h5-6,9,14,17H,7-8,10-11H2,1-4H3. The van der Waals surface area contributed by atoms with Crippen LogP contribution in [0.5, 0.6) is 5.75 Å². The van der Waals surface area contributed by atoms with Crippen LogP contribution in [0.2, 0.25) is 0 Å². The first-order valence-electron chi connectivity index (χ1n) is 7.03. The fraction of sp³-hybridized carbons (Fsp3) is 0.625. The monoisotopic (exact) mass is 263 g/mol. The molecule has 0 aliphatic carbocycles. The van der Waals surface area contributed by atoms with Crippen LogP contribution in [0, 0.1) is 6.92 Å². The Morgan fingerprint density at radius 3 is 2.74 bits per heavy atom. The quantitative estimate of drug-likeness (QED) is 0.909. The Labute approximate surface area is 116 Å². The molecule has 1 aliphatic heterocycles. The molecule has 0 spiro atoms. The Balaban J connectivity index is 1.97. The van der Waals surface area contributed by atoms with Crippen LogP contribution in [-0.2, 0) is 10.2 Å². The Kier molecular flexibility index (Phi) is 4.48. The molecule has 2 rings (SSSR count). The SMILES string of the molecule is Cc1cc(C(C)(C)C)ccc1OCC1CNCCO1. The Morgan fingerprint density at radius 2 is 2.16 bits per heavy atom. The molecule has 1 aromatic rings. The van der Waals surface area contributed by atoms with Gasteiger partial charge in [-0.1, -0.05) is 32.9 Å². The highest BCUT2D eigenvalue weighted by Crippen LogP contribution is 2.27. The molecule has 3 heteroatoms. The highest BCUT2D eigenvalue weighted by Gasteiger charge is 2.17. The second-order valence-corrected chi connectivity index (χ2v) is 6.24. The molecule has 0 bridgehead atoms. The van der Waals surface area contributed by atoms with Crippen LogP contribution < -0.4 is 10.1 Å². The number of aryl methyl sites for hydroxylation is 1. The van der Waals surface area contributed by atoms with Gasteiger partial charge in [-0.15, -0.1) is 0 Å². The fourth-order valence-corrected chi connectivity index (χ4v) is 2.19. The van der Waals surface area contributed by atoms with Gasteiger partial charge in [-0.05, 0) is 29.5 Å². The number of hydrogen-bond acceptors (Lipinski definition) is 3. The second-order valence-electron chi connectivity index (χ2n) is 6.24. The summed E-state index contributed by atoms with van der Waals surface area (Å²) in [4.78, 5) is 0. The number of morpholine rings is 1. The third kappa shape index (κ3) is 3.95. The molecule has 0 radical (unpaired) electrons. The molecule has 1 unspecified atom stereocenters. The molecule has 0 saturated carbocycles. The highest BCUT2D eigenvalue weighted by atomic mass is 16.5. The van der Waals surface area contributed by atoms with E-state index in [0.29, 0.717) is 6.61 Å². The van der Waals surface area contributed by atoms with Gasteiger partial charge in [-0.2, -0.15) is 0 Å². The summed E-state index contributed by atoms with van der Waals surface area (Å²) in [6, 6.07) is 6.45. The van der Waals surface area contributed by atoms with Gasteiger partial charge in [0.15, 0.2) is 0 Å². The van der Waals surface area contributed by atoms with Gasteiger partial charge >= 0.3 is 0 Å². The zero-order chi connectivity index (χ0) is 13.9. The van der Waals surface area contributed by atoms with Crippen molar-refractivity contribution in [2.45, 2.75) is 39.2 Å². The number of hydrogen-bond donors (Lipinski definition) is 1. The zero-order valence-corrected chi connectivity index (χ0v) is 12.5. The lowest BCUT2D eigenvalue weighted by Crippen LogP contribution is -2.41. The molecule has 0 aromatic heterocycles. The summed E-state index contributed by atoms with van der Waals surface area (Å²) in [5.41, 5.74) is 2.71. The van der Waals surface area contributed by atoms with Crippen molar-refractivity contribution in [1.29, 1.82) is 0 Å². The number of nitrogens with one attached hydrogen (secondary N) is 1. The van der Waals surface area contributed by atoms with E-state index in [9.17, 15) is 0 Å². The first-order valence-corrected chi connectivity index (χ1v) is 7.03. The lowest BCUT2D eigenvalue weighted by atomic mass is 9.86. The van der Waals surface area contributed by atoms with Gasteiger partial charge in [0.05, 0.1) is 6.61 Å². The van der Waals surface area contributed by atoms with E-state index in [4.69, 9.17) is 9.47 Å². The van der Waals surface area contributed by atoms with Crippen molar-refractivity contribution >= 4 is 0 Å². The van der Waals surface area contributed by atoms with Gasteiger partial charge in [-0.25, -0.2) is 0 Å². The molecule has 1 fully saturated rings. The van der Waals surface area contributed by atoms with Crippen LogP contribution in [0.1, 0.15) is 31.9 Å². The van der Waals surface area contributed by atoms with Crippen molar-refractivity contribution in [3.63, 3.8) is 0 Å². The molecule has 1 aromatic carbocycles. The molecule has 19 heavy (non-hydrogen) atoms. The van der Waals surface area contributed by atoms with Crippen molar-refractivity contribution in [3.8, 4) is 5.75 Å². The van der Waals surface area contributed by atoms with Gasteiger partial charge < -0.3 is 14.8 Å². The summed E-state index contributed by atoms with van der Waals surface area (Å²) in [6.07, 6.45) is 0.162. The summed E-state index contributed by atoms with van der Waals surface area (Å²) in [6.45, 7) is 12.0. The Morgan fingerprint density at radius 1 is 1.37 bits per heavy atom. The largest absolute Gasteiger partial charge is 0.491 e. The number of rotatable bonds is 3. The maximum atomic E-state index is 5.88. The molecule has 1 atom stereocenters. The minimum atomic E-state index is 0.162. The molecule has 1 heterocycles. The summed E-state index contributed by atoms with van der Waals surface area (Å²) in [5.74, 6) is 0.960. The van der Waals surface area contributed by atoms with E-state index >= 15 is 0 Å². The van der Waals surface area contributed by atoms with E-state index in [1.807, 2.05) is 0 Å². The van der Waals surface area contributed by atoms with Crippen molar-refractivity contribution in [2.24, 2.45) is 0 Å². The van der Waals surface area contributed by atoms with Gasteiger partial charge in [0.25, 0.3) is 0 Å². The van der Waals surface area contributed by atoms with E-state index in [1.54, 1.807) is 0 Å². The molecule has 1 saturated heterocycles. The highest BCUT2D eigenvalue weighted by molar-refractivity contribution is 5.38. The predicted octanol–water partition coefficient (Wildman–Crippen LogP) is 2.66. The smallest absolute Gasteiger partial charge is 0.122 e. The zero-order valence-electron chi connectivity index (χ0n) is 12.5. The predicted molar refractivity (Wildman–Crippen MR) is 78.0 cm³/mol. The minimum absolute atomic E-state index is 0.162. The lowest BCUT2D eigenvalue weighted by Gasteiger charge is -2.24. The third-order valence-electron chi connectivity index (χ3n) is 3.47. The van der Waals surface area contributed by atoms with Gasteiger partial charge in [0.1, 0.15) is 18.5 Å². The van der Waals surface area contributed by atoms with E-state index in [1.165, 1.54) is 11.1 Å². The normalized spacial score (nSPS) is 20.3. The van der Waals surface area contributed by atoms with Crippen molar-refractivity contribution < 1.29 is 9.47 Å². The fourth-order valence-electron chi connectivity index (χ4n) is 2.19. The molecule has 1 N–H and O–H groups in total. The van der Waals surface area contributed by atoms with Crippen LogP contribution in [0.3, 0.4) is 0 Å². The molecule has 3 nitrogen and oxygen atoms in total. The van der Waals surface area contributed by atoms with Crippen LogP contribution in [0.15, 0.2) is 18.2 Å². The van der Waals surface area contributed by atoms with Crippen LogP contribution >= 0.6 is 0 Å². The van der Waals surface area contributed by atoms with E-state index in [0.717, 1.165) is 25.4 Å². The first-order chi connectivity index (χ1) is 8.97. The Hall–Kier alpha value is -1.06. The van der Waals surface area contributed by atoms with E-state index in [-0.39, 0.29) is 11.5 Å². The maximum Gasteiger partial charge on any atom is 0.122 e. The Bertz CT molecular complexity index is 417. The van der Waals surface area contributed by atoms with Crippen molar-refractivity contribution in [1.82, 2.24) is 5.32 Å². The average Bonchev–Trinajstić information content (AvgIpc) is 2.37. The molecular weight excluding hydrogens is 238 g/mol. The van der Waals surface area contributed by atoms with Gasteiger partial charge in [0, 0.05) is 13.1 Å². The number of ether oxygens (including phenoxy) is 2. The second kappa shape index (κ2) is 5.93. The van der Waals surface area contributed by atoms with Crippen LogP contribution in [-0.4, -0.2) is 32.4 Å². The lowest BCUT2D eigenvalue weighted by molar-refractivity contribution is 0.0000603. The van der Waals surface area contributed by atoms with Gasteiger partial charge in [0.2, 0.25) is 0 Å². The summed E-state index contributed by atoms with van der Waals surface area (Å²) >= 11 is 0. The molecular formula is C16H25NO2. The van der Waals surface area contributed by atoms with E-state index < -0.39 is 0 Å².